The Bertz CT molecular complexity index is 894. The first-order chi connectivity index (χ1) is 13.8. The summed E-state index contributed by atoms with van der Waals surface area (Å²) < 4.78 is 22.5. The van der Waals surface area contributed by atoms with Gasteiger partial charge in [0.05, 0.1) is 6.10 Å². The van der Waals surface area contributed by atoms with Gasteiger partial charge < -0.3 is 14.9 Å². The van der Waals surface area contributed by atoms with E-state index >= 15 is 4.39 Å². The molecule has 5 unspecified atom stereocenters. The van der Waals surface area contributed by atoms with Crippen molar-refractivity contribution in [2.75, 3.05) is 0 Å². The fourth-order valence-corrected chi connectivity index (χ4v) is 7.47. The van der Waals surface area contributed by atoms with Gasteiger partial charge >= 0.3 is 11.9 Å². The molecule has 0 aliphatic heterocycles. The number of halogens is 1. The van der Waals surface area contributed by atoms with Crippen LogP contribution in [0.3, 0.4) is 0 Å². The highest BCUT2D eigenvalue weighted by Gasteiger charge is 2.77. The first-order valence-electron chi connectivity index (χ1n) is 10.6. The first kappa shape index (κ1) is 21.2. The lowest BCUT2D eigenvalue weighted by atomic mass is 9.44. The zero-order chi connectivity index (χ0) is 22.3. The number of carboxylic acids is 1. The Kier molecular flexibility index (Phi) is 4.42. The standard InChI is InChI=1S/C23H29FO6/c1-12-9-17-16-6-5-14-10-15(26)7-8-20(14,3)22(16,24)18(27)11-21(17,4)23(12,19(28)29)30-13(2)25/h7-8,10,12,16-18,27H,5-6,9,11H2,1-4H3,(H,28,29)/t12-,16?,17?,18-,20?,21?,22?,23-/m0/s1. The third-order valence-corrected chi connectivity index (χ3v) is 8.80. The topological polar surface area (TPSA) is 101 Å². The fourth-order valence-electron chi connectivity index (χ4n) is 7.47. The molecule has 6 nitrogen and oxygen atoms in total. The van der Waals surface area contributed by atoms with Crippen LogP contribution in [0.15, 0.2) is 23.8 Å². The van der Waals surface area contributed by atoms with E-state index in [2.05, 4.69) is 0 Å². The number of alkyl halides is 1. The normalized spacial score (nSPS) is 49.5. The van der Waals surface area contributed by atoms with Crippen LogP contribution in [0.4, 0.5) is 4.39 Å². The first-order valence-corrected chi connectivity index (χ1v) is 10.6. The van der Waals surface area contributed by atoms with E-state index in [4.69, 9.17) is 4.74 Å². The average molecular weight is 420 g/mol. The summed E-state index contributed by atoms with van der Waals surface area (Å²) in [6, 6.07) is 0. The molecule has 4 aliphatic carbocycles. The molecular formula is C23H29FO6. The monoisotopic (exact) mass is 420 g/mol. The molecule has 4 aliphatic rings. The van der Waals surface area contributed by atoms with Crippen molar-refractivity contribution in [2.24, 2.45) is 28.6 Å². The molecule has 2 N–H and O–H groups in total. The highest BCUT2D eigenvalue weighted by Crippen LogP contribution is 2.71. The van der Waals surface area contributed by atoms with Crippen LogP contribution in [0.2, 0.25) is 0 Å². The minimum atomic E-state index is -2.04. The summed E-state index contributed by atoms with van der Waals surface area (Å²) >= 11 is 0. The van der Waals surface area contributed by atoms with E-state index in [1.165, 1.54) is 19.1 Å². The molecule has 30 heavy (non-hydrogen) atoms. The predicted octanol–water partition coefficient (Wildman–Crippen LogP) is 2.99. The van der Waals surface area contributed by atoms with Gasteiger partial charge in [0.25, 0.3) is 0 Å². The van der Waals surface area contributed by atoms with Crippen molar-refractivity contribution in [1.82, 2.24) is 0 Å². The Hall–Kier alpha value is -2.02. The van der Waals surface area contributed by atoms with Crippen molar-refractivity contribution in [3.63, 3.8) is 0 Å². The van der Waals surface area contributed by atoms with Crippen LogP contribution in [-0.4, -0.2) is 45.3 Å². The summed E-state index contributed by atoms with van der Waals surface area (Å²) in [4.78, 5) is 36.3. The fraction of sp³-hybridized carbons (Fsp3) is 0.696. The van der Waals surface area contributed by atoms with Gasteiger partial charge in [-0.1, -0.05) is 25.5 Å². The molecule has 0 spiro atoms. The number of carboxylic acid groups (broad SMARTS) is 1. The van der Waals surface area contributed by atoms with Crippen LogP contribution < -0.4 is 0 Å². The number of hydrogen-bond donors (Lipinski definition) is 2. The van der Waals surface area contributed by atoms with E-state index < -0.39 is 52.0 Å². The van der Waals surface area contributed by atoms with Gasteiger partial charge in [0.2, 0.25) is 5.60 Å². The van der Waals surface area contributed by atoms with Crippen molar-refractivity contribution in [3.8, 4) is 0 Å². The lowest BCUT2D eigenvalue weighted by Crippen LogP contribution is -2.69. The van der Waals surface area contributed by atoms with Crippen molar-refractivity contribution < 1.29 is 33.7 Å². The number of carbonyl (C=O) groups excluding carboxylic acids is 2. The minimum Gasteiger partial charge on any atom is -0.478 e. The van der Waals surface area contributed by atoms with Gasteiger partial charge in [-0.05, 0) is 50.7 Å². The number of hydrogen-bond acceptors (Lipinski definition) is 5. The van der Waals surface area contributed by atoms with E-state index in [0.717, 1.165) is 0 Å². The average Bonchev–Trinajstić information content (AvgIpc) is 2.85. The Morgan fingerprint density at radius 3 is 2.53 bits per heavy atom. The van der Waals surface area contributed by atoms with Gasteiger partial charge in [0, 0.05) is 29.6 Å². The van der Waals surface area contributed by atoms with Crippen LogP contribution in [0.5, 0.6) is 0 Å². The number of rotatable bonds is 2. The quantitative estimate of drug-likeness (QED) is 0.666. The number of ether oxygens (including phenoxy) is 1. The molecular weight excluding hydrogens is 391 g/mol. The Morgan fingerprint density at radius 1 is 1.27 bits per heavy atom. The van der Waals surface area contributed by atoms with Gasteiger partial charge in [-0.15, -0.1) is 0 Å². The molecule has 0 aromatic rings. The minimum absolute atomic E-state index is 0.140. The maximum Gasteiger partial charge on any atom is 0.349 e. The Balaban J connectivity index is 1.86. The summed E-state index contributed by atoms with van der Waals surface area (Å²) in [5, 5.41) is 21.4. The van der Waals surface area contributed by atoms with Gasteiger partial charge in [-0.3, -0.25) is 9.59 Å². The molecule has 0 saturated heterocycles. The number of aliphatic hydroxyl groups excluding tert-OH is 1. The summed E-state index contributed by atoms with van der Waals surface area (Å²) in [6.45, 7) is 6.33. The molecule has 0 amide bonds. The maximum atomic E-state index is 17.0. The molecule has 3 fully saturated rings. The van der Waals surface area contributed by atoms with Gasteiger partial charge in [0.15, 0.2) is 11.5 Å². The molecule has 164 valence electrons. The maximum absolute atomic E-state index is 17.0. The number of ketones is 1. The van der Waals surface area contributed by atoms with E-state index in [1.54, 1.807) is 26.8 Å². The summed E-state index contributed by atoms with van der Waals surface area (Å²) in [6.07, 6.45) is 4.08. The Morgan fingerprint density at radius 2 is 1.93 bits per heavy atom. The molecule has 0 radical (unpaired) electrons. The van der Waals surface area contributed by atoms with Crippen LogP contribution in [-0.2, 0) is 19.1 Å². The molecule has 0 heterocycles. The number of allylic oxidation sites excluding steroid dienone is 4. The molecule has 7 heteroatoms. The molecule has 0 aromatic heterocycles. The third-order valence-electron chi connectivity index (χ3n) is 8.80. The smallest absolute Gasteiger partial charge is 0.349 e. The van der Waals surface area contributed by atoms with Gasteiger partial charge in [-0.2, -0.15) is 0 Å². The third kappa shape index (κ3) is 2.24. The number of esters is 1. The van der Waals surface area contributed by atoms with Crippen molar-refractivity contribution >= 4 is 17.7 Å². The van der Waals surface area contributed by atoms with Gasteiger partial charge in [-0.25, -0.2) is 9.18 Å². The number of aliphatic carboxylic acids is 1. The zero-order valence-corrected chi connectivity index (χ0v) is 17.8. The van der Waals surface area contributed by atoms with E-state index in [0.29, 0.717) is 24.8 Å². The second kappa shape index (κ2) is 6.25. The second-order valence-electron chi connectivity index (χ2n) is 10.0. The van der Waals surface area contributed by atoms with E-state index in [-0.39, 0.29) is 18.1 Å². The van der Waals surface area contributed by atoms with Crippen LogP contribution in [0, 0.1) is 28.6 Å². The van der Waals surface area contributed by atoms with Crippen molar-refractivity contribution in [2.45, 2.75) is 70.8 Å². The predicted molar refractivity (Wildman–Crippen MR) is 105 cm³/mol. The lowest BCUT2D eigenvalue weighted by molar-refractivity contribution is -0.233. The zero-order valence-electron chi connectivity index (χ0n) is 17.8. The van der Waals surface area contributed by atoms with Crippen LogP contribution in [0.25, 0.3) is 0 Å². The second-order valence-corrected chi connectivity index (χ2v) is 10.0. The van der Waals surface area contributed by atoms with Crippen molar-refractivity contribution in [1.29, 1.82) is 0 Å². The SMILES string of the molecule is CC(=O)O[C@]1(C(=O)O)[C@@H](C)CC2C3CCC4=CC(=O)C=CC4(C)C3(F)[C@@H](O)CC21C. The molecule has 4 rings (SSSR count). The van der Waals surface area contributed by atoms with Crippen LogP contribution >= 0.6 is 0 Å². The largest absolute Gasteiger partial charge is 0.478 e. The lowest BCUT2D eigenvalue weighted by Gasteiger charge is -2.62. The molecule has 3 saturated carbocycles. The van der Waals surface area contributed by atoms with Gasteiger partial charge in [0.1, 0.15) is 0 Å². The summed E-state index contributed by atoms with van der Waals surface area (Å²) in [7, 11) is 0. The highest BCUT2D eigenvalue weighted by atomic mass is 19.1. The van der Waals surface area contributed by atoms with Crippen molar-refractivity contribution in [3.05, 3.63) is 23.8 Å². The highest BCUT2D eigenvalue weighted by molar-refractivity contribution is 6.01. The molecule has 8 atom stereocenters. The van der Waals surface area contributed by atoms with E-state index in [1.807, 2.05) is 0 Å². The Labute approximate surface area is 175 Å². The molecule has 0 aromatic carbocycles. The summed E-state index contributed by atoms with van der Waals surface area (Å²) in [5.41, 5.74) is -5.43. The summed E-state index contributed by atoms with van der Waals surface area (Å²) in [5.74, 6) is -3.68. The van der Waals surface area contributed by atoms with E-state index in [9.17, 15) is 24.6 Å². The molecule has 0 bridgehead atoms. The number of carbonyl (C=O) groups is 3. The number of fused-ring (bicyclic) bond motifs is 5. The number of aliphatic hydroxyl groups is 1. The van der Waals surface area contributed by atoms with Crippen LogP contribution in [0.1, 0.15) is 53.4 Å².